The lowest BCUT2D eigenvalue weighted by atomic mass is 10.3. The molecule has 0 aliphatic carbocycles. The molecule has 4 nitrogen and oxygen atoms in total. The van der Waals surface area contributed by atoms with Crippen LogP contribution in [0.5, 0.6) is 0 Å². The molecular weight excluding hydrogens is 172 g/mol. The van der Waals surface area contributed by atoms with Crippen LogP contribution >= 0.6 is 11.5 Å². The number of hydrogen-bond acceptors (Lipinski definition) is 5. The third-order valence-corrected chi connectivity index (χ3v) is 2.45. The minimum atomic E-state index is 0.373. The molecule has 0 fully saturated rings. The van der Waals surface area contributed by atoms with Crippen LogP contribution in [0.2, 0.25) is 0 Å². The average Bonchev–Trinajstić information content (AvgIpc) is 2.47. The molecule has 0 aliphatic heterocycles. The summed E-state index contributed by atoms with van der Waals surface area (Å²) in [5.41, 5.74) is 5.41. The lowest BCUT2D eigenvalue weighted by Gasteiger charge is -2.13. The summed E-state index contributed by atoms with van der Waals surface area (Å²) in [5.74, 6) is 0.373. The third kappa shape index (κ3) is 2.34. The lowest BCUT2D eigenvalue weighted by molar-refractivity contribution is 0.765. The Labute approximate surface area is 76.6 Å². The van der Waals surface area contributed by atoms with Gasteiger partial charge >= 0.3 is 0 Å². The summed E-state index contributed by atoms with van der Waals surface area (Å²) in [6, 6.07) is 0. The molecule has 1 heterocycles. The van der Waals surface area contributed by atoms with Gasteiger partial charge in [0.2, 0.25) is 11.1 Å². The second kappa shape index (κ2) is 4.25. The van der Waals surface area contributed by atoms with Gasteiger partial charge < -0.3 is 10.6 Å². The predicted molar refractivity (Wildman–Crippen MR) is 52.5 cm³/mol. The smallest absolute Gasteiger partial charge is 0.233 e. The van der Waals surface area contributed by atoms with Gasteiger partial charge in [-0.05, 0) is 6.42 Å². The van der Waals surface area contributed by atoms with Crippen LogP contribution in [0.4, 0.5) is 11.1 Å². The van der Waals surface area contributed by atoms with Crippen molar-refractivity contribution in [3.05, 3.63) is 0 Å². The highest BCUT2D eigenvalue weighted by molar-refractivity contribution is 7.09. The van der Waals surface area contributed by atoms with Gasteiger partial charge in [-0.3, -0.25) is 0 Å². The lowest BCUT2D eigenvalue weighted by Crippen LogP contribution is -2.17. The fraction of sp³-hybridized carbons (Fsp3) is 0.714. The summed E-state index contributed by atoms with van der Waals surface area (Å²) in [7, 11) is 2.01. The van der Waals surface area contributed by atoms with Crippen LogP contribution < -0.4 is 10.6 Å². The first-order valence-corrected chi connectivity index (χ1v) is 4.81. The zero-order valence-corrected chi connectivity index (χ0v) is 8.27. The van der Waals surface area contributed by atoms with E-state index in [9.17, 15) is 0 Å². The number of nitrogens with zero attached hydrogens (tertiary/aromatic N) is 3. The molecule has 0 radical (unpaired) electrons. The van der Waals surface area contributed by atoms with Crippen molar-refractivity contribution in [3.63, 3.8) is 0 Å². The van der Waals surface area contributed by atoms with E-state index < -0.39 is 0 Å². The van der Waals surface area contributed by atoms with Crippen molar-refractivity contribution >= 4 is 22.6 Å². The van der Waals surface area contributed by atoms with Gasteiger partial charge in [0.15, 0.2) is 0 Å². The number of anilines is 2. The summed E-state index contributed by atoms with van der Waals surface area (Å²) in [6.07, 6.45) is 2.37. The molecule has 0 saturated heterocycles. The molecule has 0 amide bonds. The SMILES string of the molecule is CCCCN(C)c1nc(N)ns1. The van der Waals surface area contributed by atoms with Crippen LogP contribution in [0.15, 0.2) is 0 Å². The molecule has 0 atom stereocenters. The van der Waals surface area contributed by atoms with Crippen molar-refractivity contribution in [2.75, 3.05) is 24.2 Å². The fourth-order valence-electron chi connectivity index (χ4n) is 0.872. The van der Waals surface area contributed by atoms with E-state index in [2.05, 4.69) is 21.2 Å². The summed E-state index contributed by atoms with van der Waals surface area (Å²) >= 11 is 1.35. The maximum atomic E-state index is 5.41. The van der Waals surface area contributed by atoms with E-state index in [1.54, 1.807) is 0 Å². The van der Waals surface area contributed by atoms with Gasteiger partial charge in [0.25, 0.3) is 0 Å². The zero-order valence-electron chi connectivity index (χ0n) is 7.45. The van der Waals surface area contributed by atoms with Gasteiger partial charge in [-0.25, -0.2) is 0 Å². The molecule has 1 aromatic rings. The Kier molecular flexibility index (Phi) is 3.28. The summed E-state index contributed by atoms with van der Waals surface area (Å²) in [4.78, 5) is 6.16. The van der Waals surface area contributed by atoms with E-state index in [-0.39, 0.29) is 0 Å². The second-order valence-electron chi connectivity index (χ2n) is 2.71. The van der Waals surface area contributed by atoms with Gasteiger partial charge in [0.05, 0.1) is 0 Å². The maximum Gasteiger partial charge on any atom is 0.233 e. The Hall–Kier alpha value is -0.840. The predicted octanol–water partition coefficient (Wildman–Crippen LogP) is 1.36. The molecule has 1 aromatic heterocycles. The first kappa shape index (κ1) is 9.25. The summed E-state index contributed by atoms with van der Waals surface area (Å²) in [5, 5.41) is 0.904. The highest BCUT2D eigenvalue weighted by atomic mass is 32.1. The number of aromatic nitrogens is 2. The van der Waals surface area contributed by atoms with Crippen LogP contribution in [0, 0.1) is 0 Å². The summed E-state index contributed by atoms with van der Waals surface area (Å²) in [6.45, 7) is 3.19. The molecular formula is C7H14N4S. The largest absolute Gasteiger partial charge is 0.367 e. The Morgan fingerprint density at radius 3 is 2.83 bits per heavy atom. The molecule has 12 heavy (non-hydrogen) atoms. The van der Waals surface area contributed by atoms with Crippen LogP contribution in [0.25, 0.3) is 0 Å². The quantitative estimate of drug-likeness (QED) is 0.771. The first-order chi connectivity index (χ1) is 5.74. The second-order valence-corrected chi connectivity index (χ2v) is 3.44. The number of rotatable bonds is 4. The van der Waals surface area contributed by atoms with Gasteiger partial charge in [-0.1, -0.05) is 13.3 Å². The van der Waals surface area contributed by atoms with Crippen LogP contribution in [0.1, 0.15) is 19.8 Å². The number of unbranched alkanes of at least 4 members (excludes halogenated alkanes) is 1. The van der Waals surface area contributed by atoms with Crippen molar-refractivity contribution in [1.82, 2.24) is 9.36 Å². The summed E-state index contributed by atoms with van der Waals surface area (Å²) < 4.78 is 3.91. The fourth-order valence-corrected chi connectivity index (χ4v) is 1.45. The highest BCUT2D eigenvalue weighted by Crippen LogP contribution is 2.16. The topological polar surface area (TPSA) is 55.0 Å². The van der Waals surface area contributed by atoms with Gasteiger partial charge in [0.1, 0.15) is 0 Å². The van der Waals surface area contributed by atoms with Gasteiger partial charge in [0, 0.05) is 25.1 Å². The first-order valence-electron chi connectivity index (χ1n) is 4.04. The average molecular weight is 186 g/mol. The number of nitrogens with two attached hydrogens (primary N) is 1. The van der Waals surface area contributed by atoms with Gasteiger partial charge in [-0.2, -0.15) is 9.36 Å². The van der Waals surface area contributed by atoms with Crippen molar-refractivity contribution < 1.29 is 0 Å². The molecule has 0 aliphatic rings. The highest BCUT2D eigenvalue weighted by Gasteiger charge is 2.04. The number of nitrogen functional groups attached to an aromatic ring is 1. The van der Waals surface area contributed by atoms with Crippen LogP contribution in [0.3, 0.4) is 0 Å². The monoisotopic (exact) mass is 186 g/mol. The Morgan fingerprint density at radius 2 is 2.33 bits per heavy atom. The molecule has 0 bridgehead atoms. The van der Waals surface area contributed by atoms with Crippen molar-refractivity contribution in [2.24, 2.45) is 0 Å². The van der Waals surface area contributed by atoms with Crippen molar-refractivity contribution in [3.8, 4) is 0 Å². The zero-order chi connectivity index (χ0) is 8.97. The molecule has 68 valence electrons. The molecule has 1 rings (SSSR count). The Bertz CT molecular complexity index is 235. The molecule has 0 unspecified atom stereocenters. The van der Waals surface area contributed by atoms with Crippen molar-refractivity contribution in [1.29, 1.82) is 0 Å². The molecule has 2 N–H and O–H groups in total. The van der Waals surface area contributed by atoms with E-state index in [0.717, 1.165) is 11.7 Å². The number of hydrogen-bond donors (Lipinski definition) is 1. The molecule has 5 heteroatoms. The Morgan fingerprint density at radius 1 is 1.58 bits per heavy atom. The molecule has 0 spiro atoms. The van der Waals surface area contributed by atoms with Crippen LogP contribution in [-0.2, 0) is 0 Å². The van der Waals surface area contributed by atoms with E-state index in [1.807, 2.05) is 7.05 Å². The minimum Gasteiger partial charge on any atom is -0.367 e. The van der Waals surface area contributed by atoms with E-state index in [1.165, 1.54) is 24.4 Å². The molecule has 0 aromatic carbocycles. The standard InChI is InChI=1S/C7H14N4S/c1-3-4-5-11(2)7-9-6(8)10-12-7/h3-5H2,1-2H3,(H2,8,10). The van der Waals surface area contributed by atoms with E-state index in [0.29, 0.717) is 5.95 Å². The Balaban J connectivity index is 2.47. The minimum absolute atomic E-state index is 0.373. The van der Waals surface area contributed by atoms with Crippen molar-refractivity contribution in [2.45, 2.75) is 19.8 Å². The van der Waals surface area contributed by atoms with E-state index >= 15 is 0 Å². The van der Waals surface area contributed by atoms with Crippen LogP contribution in [-0.4, -0.2) is 22.9 Å². The maximum absolute atomic E-state index is 5.41. The molecule has 0 saturated carbocycles. The van der Waals surface area contributed by atoms with Gasteiger partial charge in [-0.15, -0.1) is 0 Å². The van der Waals surface area contributed by atoms with E-state index in [4.69, 9.17) is 5.73 Å². The third-order valence-electron chi connectivity index (χ3n) is 1.60. The normalized spacial score (nSPS) is 10.2.